The first-order valence-electron chi connectivity index (χ1n) is 7.65. The zero-order valence-electron chi connectivity index (χ0n) is 12.6. The Morgan fingerprint density at radius 3 is 1.50 bits per heavy atom. The van der Waals surface area contributed by atoms with Gasteiger partial charge in [0.2, 0.25) is 0 Å². The van der Waals surface area contributed by atoms with Gasteiger partial charge in [0.05, 0.1) is 0 Å². The van der Waals surface area contributed by atoms with Crippen molar-refractivity contribution in [2.75, 3.05) is 0 Å². The van der Waals surface area contributed by atoms with Gasteiger partial charge in [-0.05, 0) is 33.7 Å². The van der Waals surface area contributed by atoms with Crippen molar-refractivity contribution in [3.05, 3.63) is 71.7 Å². The number of thiazole rings is 2. The largest absolute Gasteiger partial charge is 0.245 e. The maximum absolute atomic E-state index is 4.41. The zero-order valence-corrected chi connectivity index (χ0v) is 14.3. The molecule has 0 atom stereocenters. The standard InChI is InChI=1S/C20H12N2S2/c1-2-14-12-16(20-22-8-10-24-20)4-6-18(14)17-5-3-15(11-13(1)17)19-21-7-9-23-19/h1-12H. The summed E-state index contributed by atoms with van der Waals surface area (Å²) in [5, 5.41) is 11.2. The molecule has 2 aromatic heterocycles. The van der Waals surface area contributed by atoms with E-state index in [2.05, 4.69) is 58.5 Å². The molecule has 5 rings (SSSR count). The summed E-state index contributed by atoms with van der Waals surface area (Å²) in [5.41, 5.74) is 2.35. The summed E-state index contributed by atoms with van der Waals surface area (Å²) in [6.07, 6.45) is 3.70. The van der Waals surface area contributed by atoms with Crippen LogP contribution in [0.1, 0.15) is 0 Å². The van der Waals surface area contributed by atoms with E-state index in [0.717, 1.165) is 10.0 Å². The Morgan fingerprint density at radius 1 is 0.583 bits per heavy atom. The number of rotatable bonds is 2. The fourth-order valence-electron chi connectivity index (χ4n) is 3.07. The first-order valence-corrected chi connectivity index (χ1v) is 9.41. The van der Waals surface area contributed by atoms with Gasteiger partial charge in [-0.3, -0.25) is 0 Å². The van der Waals surface area contributed by atoms with Crippen molar-refractivity contribution in [1.82, 2.24) is 9.97 Å². The van der Waals surface area contributed by atoms with E-state index >= 15 is 0 Å². The predicted octanol–water partition coefficient (Wildman–Crippen LogP) is 6.24. The summed E-state index contributed by atoms with van der Waals surface area (Å²) >= 11 is 3.34. The van der Waals surface area contributed by atoms with E-state index in [1.807, 2.05) is 23.2 Å². The average molecular weight is 344 g/mol. The number of nitrogens with zero attached hydrogens (tertiary/aromatic N) is 2. The summed E-state index contributed by atoms with van der Waals surface area (Å²) in [7, 11) is 0. The van der Waals surface area contributed by atoms with Crippen molar-refractivity contribution < 1.29 is 0 Å². The van der Waals surface area contributed by atoms with Crippen molar-refractivity contribution in [2.24, 2.45) is 0 Å². The molecule has 0 aliphatic heterocycles. The van der Waals surface area contributed by atoms with Gasteiger partial charge in [0.1, 0.15) is 10.0 Å². The lowest BCUT2D eigenvalue weighted by Crippen LogP contribution is -1.82. The van der Waals surface area contributed by atoms with Crippen LogP contribution in [0.3, 0.4) is 0 Å². The van der Waals surface area contributed by atoms with E-state index < -0.39 is 0 Å². The minimum absolute atomic E-state index is 1.07. The first-order chi connectivity index (χ1) is 11.9. The molecule has 0 aliphatic carbocycles. The Labute approximate surface area is 147 Å². The Bertz CT molecular complexity index is 1050. The molecule has 0 spiro atoms. The number of aromatic nitrogens is 2. The third-order valence-electron chi connectivity index (χ3n) is 4.19. The van der Waals surface area contributed by atoms with Gasteiger partial charge in [-0.2, -0.15) is 0 Å². The Hall–Kier alpha value is -2.56. The number of hydrogen-bond acceptors (Lipinski definition) is 4. The SMILES string of the molecule is c1csc(-c2ccc3c(ccc4cc(-c5nccs5)ccc43)c2)n1. The van der Waals surface area contributed by atoms with Gasteiger partial charge in [-0.25, -0.2) is 9.97 Å². The third-order valence-corrected chi connectivity index (χ3v) is 5.84. The summed E-state index contributed by atoms with van der Waals surface area (Å²) < 4.78 is 0. The molecule has 3 aromatic carbocycles. The second kappa shape index (κ2) is 5.51. The molecule has 24 heavy (non-hydrogen) atoms. The number of hydrogen-bond donors (Lipinski definition) is 0. The lowest BCUT2D eigenvalue weighted by molar-refractivity contribution is 1.42. The van der Waals surface area contributed by atoms with Gasteiger partial charge in [0.25, 0.3) is 0 Å². The molecule has 0 bridgehead atoms. The fourth-order valence-corrected chi connectivity index (χ4v) is 4.34. The van der Waals surface area contributed by atoms with Crippen molar-refractivity contribution >= 4 is 44.2 Å². The van der Waals surface area contributed by atoms with Crippen LogP contribution < -0.4 is 0 Å². The molecule has 2 nitrogen and oxygen atoms in total. The fraction of sp³-hybridized carbons (Fsp3) is 0. The Morgan fingerprint density at radius 2 is 1.08 bits per heavy atom. The van der Waals surface area contributed by atoms with Crippen LogP contribution in [0.4, 0.5) is 0 Å². The smallest absolute Gasteiger partial charge is 0.123 e. The molecule has 114 valence electrons. The maximum atomic E-state index is 4.41. The van der Waals surface area contributed by atoms with Gasteiger partial charge < -0.3 is 0 Å². The van der Waals surface area contributed by atoms with Crippen LogP contribution >= 0.6 is 22.7 Å². The lowest BCUT2D eigenvalue weighted by atomic mass is 9.99. The van der Waals surface area contributed by atoms with E-state index in [9.17, 15) is 0 Å². The quantitative estimate of drug-likeness (QED) is 0.354. The van der Waals surface area contributed by atoms with Crippen LogP contribution in [0, 0.1) is 0 Å². The van der Waals surface area contributed by atoms with Crippen LogP contribution in [0.5, 0.6) is 0 Å². The molecule has 0 N–H and O–H groups in total. The first kappa shape index (κ1) is 13.8. The molecule has 4 heteroatoms. The van der Waals surface area contributed by atoms with E-state index in [1.165, 1.54) is 32.7 Å². The van der Waals surface area contributed by atoms with Crippen LogP contribution in [-0.4, -0.2) is 9.97 Å². The minimum atomic E-state index is 1.07. The topological polar surface area (TPSA) is 25.8 Å². The van der Waals surface area contributed by atoms with E-state index in [1.54, 1.807) is 22.7 Å². The summed E-state index contributed by atoms with van der Waals surface area (Å²) in [6.45, 7) is 0. The van der Waals surface area contributed by atoms with Crippen molar-refractivity contribution in [3.63, 3.8) is 0 Å². The monoisotopic (exact) mass is 344 g/mol. The second-order valence-corrected chi connectivity index (χ2v) is 7.40. The molecule has 0 fully saturated rings. The highest BCUT2D eigenvalue weighted by molar-refractivity contribution is 7.13. The highest BCUT2D eigenvalue weighted by Crippen LogP contribution is 2.33. The van der Waals surface area contributed by atoms with Crippen molar-refractivity contribution in [1.29, 1.82) is 0 Å². The van der Waals surface area contributed by atoms with E-state index in [4.69, 9.17) is 0 Å². The Kier molecular flexibility index (Phi) is 3.18. The number of benzene rings is 3. The highest BCUT2D eigenvalue weighted by atomic mass is 32.1. The maximum Gasteiger partial charge on any atom is 0.123 e. The van der Waals surface area contributed by atoms with Crippen LogP contribution in [0.2, 0.25) is 0 Å². The minimum Gasteiger partial charge on any atom is -0.245 e. The summed E-state index contributed by atoms with van der Waals surface area (Å²) in [6, 6.07) is 17.6. The highest BCUT2D eigenvalue weighted by Gasteiger charge is 2.07. The van der Waals surface area contributed by atoms with Gasteiger partial charge in [-0.1, -0.05) is 36.4 Å². The van der Waals surface area contributed by atoms with Crippen molar-refractivity contribution in [2.45, 2.75) is 0 Å². The van der Waals surface area contributed by atoms with Gasteiger partial charge in [-0.15, -0.1) is 22.7 Å². The molecule has 0 amide bonds. The number of fused-ring (bicyclic) bond motifs is 3. The molecule has 0 saturated heterocycles. The van der Waals surface area contributed by atoms with Crippen LogP contribution in [-0.2, 0) is 0 Å². The summed E-state index contributed by atoms with van der Waals surface area (Å²) in [4.78, 5) is 8.82. The molecule has 0 radical (unpaired) electrons. The molecule has 5 aromatic rings. The summed E-state index contributed by atoms with van der Waals surface area (Å²) in [5.74, 6) is 0. The molecule has 2 heterocycles. The average Bonchev–Trinajstić information content (AvgIpc) is 3.34. The van der Waals surface area contributed by atoms with Gasteiger partial charge in [0.15, 0.2) is 0 Å². The molecule has 0 saturated carbocycles. The van der Waals surface area contributed by atoms with Crippen LogP contribution in [0.25, 0.3) is 42.7 Å². The lowest BCUT2D eigenvalue weighted by Gasteiger charge is -2.07. The third kappa shape index (κ3) is 2.23. The van der Waals surface area contributed by atoms with Gasteiger partial charge in [0, 0.05) is 34.3 Å². The second-order valence-electron chi connectivity index (χ2n) is 5.61. The molecular formula is C20H12N2S2. The van der Waals surface area contributed by atoms with E-state index in [-0.39, 0.29) is 0 Å². The van der Waals surface area contributed by atoms with Crippen molar-refractivity contribution in [3.8, 4) is 21.1 Å². The normalized spacial score (nSPS) is 11.3. The van der Waals surface area contributed by atoms with Crippen LogP contribution in [0.15, 0.2) is 71.7 Å². The van der Waals surface area contributed by atoms with E-state index in [0.29, 0.717) is 0 Å². The molecule has 0 aliphatic rings. The molecular weight excluding hydrogens is 332 g/mol. The predicted molar refractivity (Wildman–Crippen MR) is 104 cm³/mol. The zero-order chi connectivity index (χ0) is 15.9. The van der Waals surface area contributed by atoms with Gasteiger partial charge >= 0.3 is 0 Å². The Balaban J connectivity index is 1.70. The molecule has 0 unspecified atom stereocenters.